The molecule has 5 aromatic rings. The molecule has 2 aromatic heterocycles. The third-order valence-corrected chi connectivity index (χ3v) is 7.92. The van der Waals surface area contributed by atoms with Crippen LogP contribution in [-0.2, 0) is 27.4 Å². The Hall–Kier alpha value is -4.16. The molecular formula is C30H24F3N3O4S2. The standard InChI is InChI=1S/C30H24F3N3O4S2/c1-18-14-24(12-13-25(18)40-39-19(2)37)41-16-22-15-26(20-8-10-23(11-9-20)30(31,32)33)38-27(22)17-42-29-34-28(35-36-29)21-6-4-3-5-7-21/h3-15H,16-17H2,1-2H3,(H,34,35,36). The first-order chi connectivity index (χ1) is 20.2. The molecule has 0 bridgehead atoms. The first-order valence-corrected chi connectivity index (χ1v) is 14.6. The number of hydrogen-bond acceptors (Lipinski definition) is 8. The number of H-pyrrole nitrogens is 1. The highest BCUT2D eigenvalue weighted by atomic mass is 32.2. The molecular weight excluding hydrogens is 587 g/mol. The summed E-state index contributed by atoms with van der Waals surface area (Å²) >= 11 is 2.94. The highest BCUT2D eigenvalue weighted by molar-refractivity contribution is 7.98. The molecule has 0 aliphatic rings. The Kier molecular flexibility index (Phi) is 8.93. The Labute approximate surface area is 247 Å². The summed E-state index contributed by atoms with van der Waals surface area (Å²) in [6.07, 6.45) is -4.42. The minimum atomic E-state index is -4.42. The van der Waals surface area contributed by atoms with Crippen molar-refractivity contribution in [3.05, 3.63) is 101 Å². The smallest absolute Gasteiger partial charge is 0.416 e. The van der Waals surface area contributed by atoms with Crippen LogP contribution in [0.1, 0.15) is 29.4 Å². The van der Waals surface area contributed by atoms with E-state index < -0.39 is 17.7 Å². The monoisotopic (exact) mass is 611 g/mol. The first-order valence-electron chi connectivity index (χ1n) is 12.6. The molecule has 0 fully saturated rings. The van der Waals surface area contributed by atoms with Gasteiger partial charge in [-0.05, 0) is 48.9 Å². The fraction of sp³-hybridized carbons (Fsp3) is 0.167. The van der Waals surface area contributed by atoms with Gasteiger partial charge in [0.25, 0.3) is 0 Å². The lowest BCUT2D eigenvalue weighted by atomic mass is 10.1. The number of halogens is 3. The van der Waals surface area contributed by atoms with Crippen LogP contribution in [0.2, 0.25) is 0 Å². The SMILES string of the molecule is CC(=O)OOc1ccc(SCc2cc(-c3ccc(C(F)(F)F)cc3)oc2CSc2n[nH]c(-c3ccccc3)n2)cc1C. The minimum absolute atomic E-state index is 0.413. The minimum Gasteiger partial charge on any atom is -0.460 e. The summed E-state index contributed by atoms with van der Waals surface area (Å²) in [5.41, 5.74) is 2.40. The van der Waals surface area contributed by atoms with Gasteiger partial charge in [0.15, 0.2) is 11.6 Å². The average molecular weight is 612 g/mol. The molecule has 0 saturated heterocycles. The zero-order chi connectivity index (χ0) is 29.7. The van der Waals surface area contributed by atoms with Crippen molar-refractivity contribution < 1.29 is 32.2 Å². The van der Waals surface area contributed by atoms with E-state index in [1.165, 1.54) is 30.8 Å². The van der Waals surface area contributed by atoms with Gasteiger partial charge in [0.05, 0.1) is 11.3 Å². The number of furan rings is 1. The second kappa shape index (κ2) is 12.8. The number of hydrogen-bond donors (Lipinski definition) is 1. The fourth-order valence-corrected chi connectivity index (χ4v) is 5.67. The lowest BCUT2D eigenvalue weighted by Crippen LogP contribution is -2.03. The Morgan fingerprint density at radius 2 is 1.71 bits per heavy atom. The van der Waals surface area contributed by atoms with Gasteiger partial charge in [-0.1, -0.05) is 54.2 Å². The largest absolute Gasteiger partial charge is 0.460 e. The van der Waals surface area contributed by atoms with E-state index >= 15 is 0 Å². The highest BCUT2D eigenvalue weighted by Gasteiger charge is 2.30. The van der Waals surface area contributed by atoms with E-state index in [1.807, 2.05) is 55.5 Å². The molecule has 7 nitrogen and oxygen atoms in total. The van der Waals surface area contributed by atoms with Gasteiger partial charge < -0.3 is 4.42 Å². The third-order valence-electron chi connectivity index (χ3n) is 6.03. The van der Waals surface area contributed by atoms with Crippen molar-refractivity contribution in [1.82, 2.24) is 15.2 Å². The second-order valence-corrected chi connectivity index (χ2v) is 11.1. The topological polar surface area (TPSA) is 90.2 Å². The van der Waals surface area contributed by atoms with Crippen LogP contribution in [0.4, 0.5) is 13.2 Å². The number of aromatic amines is 1. The molecule has 0 amide bonds. The Morgan fingerprint density at radius 3 is 2.40 bits per heavy atom. The Balaban J connectivity index is 1.35. The molecule has 0 aliphatic heterocycles. The number of rotatable bonds is 10. The second-order valence-electron chi connectivity index (χ2n) is 9.13. The third kappa shape index (κ3) is 7.37. The van der Waals surface area contributed by atoms with Crippen LogP contribution in [0.5, 0.6) is 5.75 Å². The first kappa shape index (κ1) is 29.3. The number of aryl methyl sites for hydroxylation is 1. The van der Waals surface area contributed by atoms with Gasteiger partial charge in [0, 0.05) is 34.3 Å². The lowest BCUT2D eigenvalue weighted by Gasteiger charge is -2.08. The van der Waals surface area contributed by atoms with E-state index in [2.05, 4.69) is 20.1 Å². The summed E-state index contributed by atoms with van der Waals surface area (Å²) in [5.74, 6) is 2.61. The highest BCUT2D eigenvalue weighted by Crippen LogP contribution is 2.36. The number of thioether (sulfide) groups is 2. The van der Waals surface area contributed by atoms with Crippen LogP contribution in [0.25, 0.3) is 22.7 Å². The van der Waals surface area contributed by atoms with Gasteiger partial charge in [0.2, 0.25) is 5.16 Å². The summed E-state index contributed by atoms with van der Waals surface area (Å²) in [6, 6.07) is 21.9. The maximum atomic E-state index is 13.1. The van der Waals surface area contributed by atoms with E-state index in [0.29, 0.717) is 45.3 Å². The summed E-state index contributed by atoms with van der Waals surface area (Å²) in [7, 11) is 0. The molecule has 0 radical (unpaired) electrons. The van der Waals surface area contributed by atoms with Crippen LogP contribution < -0.4 is 4.89 Å². The summed E-state index contributed by atoms with van der Waals surface area (Å²) in [6.45, 7) is 3.09. The van der Waals surface area contributed by atoms with Gasteiger partial charge in [-0.15, -0.1) is 16.9 Å². The number of aromatic nitrogens is 3. The molecule has 0 unspecified atom stereocenters. The van der Waals surface area contributed by atoms with Crippen LogP contribution in [0.3, 0.4) is 0 Å². The van der Waals surface area contributed by atoms with Crippen molar-refractivity contribution in [3.63, 3.8) is 0 Å². The van der Waals surface area contributed by atoms with Crippen LogP contribution in [0, 0.1) is 6.92 Å². The molecule has 1 N–H and O–H groups in total. The van der Waals surface area contributed by atoms with E-state index in [-0.39, 0.29) is 0 Å². The fourth-order valence-electron chi connectivity index (χ4n) is 3.91. The molecule has 42 heavy (non-hydrogen) atoms. The predicted molar refractivity (Wildman–Crippen MR) is 154 cm³/mol. The normalized spacial score (nSPS) is 11.5. The van der Waals surface area contributed by atoms with Gasteiger partial charge in [-0.2, -0.15) is 13.2 Å². The Bertz CT molecular complexity index is 1670. The Morgan fingerprint density at radius 1 is 0.952 bits per heavy atom. The van der Waals surface area contributed by atoms with Crippen molar-refractivity contribution in [3.8, 4) is 28.5 Å². The zero-order valence-corrected chi connectivity index (χ0v) is 24.0. The molecule has 0 aliphatic carbocycles. The van der Waals surface area contributed by atoms with Crippen LogP contribution in [0.15, 0.2) is 93.3 Å². The van der Waals surface area contributed by atoms with Crippen LogP contribution in [-0.4, -0.2) is 21.2 Å². The number of nitrogens with zero attached hydrogens (tertiary/aromatic N) is 2. The van der Waals surface area contributed by atoms with Gasteiger partial charge in [-0.25, -0.2) is 9.78 Å². The van der Waals surface area contributed by atoms with Gasteiger partial charge in [-0.3, -0.25) is 14.9 Å². The summed E-state index contributed by atoms with van der Waals surface area (Å²) in [5, 5.41) is 7.79. The van der Waals surface area contributed by atoms with Crippen molar-refractivity contribution in [2.75, 3.05) is 0 Å². The van der Waals surface area contributed by atoms with Gasteiger partial charge >= 0.3 is 12.1 Å². The number of carbonyl (C=O) groups is 1. The number of carbonyl (C=O) groups excluding carboxylic acids is 1. The van der Waals surface area contributed by atoms with E-state index in [9.17, 15) is 18.0 Å². The molecule has 0 atom stereocenters. The number of benzene rings is 3. The van der Waals surface area contributed by atoms with E-state index in [0.717, 1.165) is 33.7 Å². The zero-order valence-electron chi connectivity index (χ0n) is 22.4. The summed E-state index contributed by atoms with van der Waals surface area (Å²) < 4.78 is 45.4. The molecule has 12 heteroatoms. The van der Waals surface area contributed by atoms with Crippen molar-refractivity contribution in [1.29, 1.82) is 0 Å². The molecule has 0 saturated carbocycles. The quantitative estimate of drug-likeness (QED) is 0.0955. The predicted octanol–water partition coefficient (Wildman–Crippen LogP) is 8.50. The molecule has 3 aromatic carbocycles. The van der Waals surface area contributed by atoms with Crippen molar-refractivity contribution in [2.24, 2.45) is 0 Å². The number of nitrogens with one attached hydrogen (secondary N) is 1. The molecule has 2 heterocycles. The summed E-state index contributed by atoms with van der Waals surface area (Å²) in [4.78, 5) is 26.2. The molecule has 216 valence electrons. The molecule has 5 rings (SSSR count). The van der Waals surface area contributed by atoms with Crippen molar-refractivity contribution in [2.45, 2.75) is 41.6 Å². The van der Waals surface area contributed by atoms with E-state index in [4.69, 9.17) is 9.30 Å². The van der Waals surface area contributed by atoms with Gasteiger partial charge in [0.1, 0.15) is 11.5 Å². The maximum Gasteiger partial charge on any atom is 0.416 e. The van der Waals surface area contributed by atoms with E-state index in [1.54, 1.807) is 17.8 Å². The average Bonchev–Trinajstić information content (AvgIpc) is 3.62. The lowest BCUT2D eigenvalue weighted by molar-refractivity contribution is -0.211. The van der Waals surface area contributed by atoms with Crippen molar-refractivity contribution >= 4 is 29.5 Å². The van der Waals surface area contributed by atoms with Crippen LogP contribution >= 0.6 is 23.5 Å². The maximum absolute atomic E-state index is 13.1. The number of alkyl halides is 3. The molecule has 0 spiro atoms.